The van der Waals surface area contributed by atoms with E-state index in [1.807, 2.05) is 6.92 Å². The molecule has 0 aliphatic carbocycles. The number of rotatable bonds is 7. The SMILES string of the molecule is CCCCC(=O)NCCN(C(C)=O)c1ccc(F)cc1. The molecular formula is C15H21FN2O2. The number of carbonyl (C=O) groups excluding carboxylic acids is 2. The Morgan fingerprint density at radius 2 is 1.90 bits per heavy atom. The van der Waals surface area contributed by atoms with E-state index in [0.717, 1.165) is 12.8 Å². The molecule has 0 aliphatic heterocycles. The molecule has 5 heteroatoms. The van der Waals surface area contributed by atoms with Crippen molar-refractivity contribution >= 4 is 17.5 Å². The van der Waals surface area contributed by atoms with E-state index in [-0.39, 0.29) is 17.6 Å². The molecule has 0 heterocycles. The van der Waals surface area contributed by atoms with E-state index in [9.17, 15) is 14.0 Å². The summed E-state index contributed by atoms with van der Waals surface area (Å²) in [7, 11) is 0. The van der Waals surface area contributed by atoms with Crippen LogP contribution >= 0.6 is 0 Å². The zero-order valence-electron chi connectivity index (χ0n) is 12.0. The zero-order chi connectivity index (χ0) is 15.0. The molecule has 1 N–H and O–H groups in total. The van der Waals surface area contributed by atoms with Gasteiger partial charge in [-0.25, -0.2) is 4.39 Å². The number of amides is 2. The minimum atomic E-state index is -0.342. The lowest BCUT2D eigenvalue weighted by atomic mass is 10.2. The van der Waals surface area contributed by atoms with Crippen LogP contribution in [-0.4, -0.2) is 24.9 Å². The molecule has 0 radical (unpaired) electrons. The smallest absolute Gasteiger partial charge is 0.223 e. The molecule has 0 unspecified atom stereocenters. The van der Waals surface area contributed by atoms with Crippen molar-refractivity contribution in [3.8, 4) is 0 Å². The number of anilines is 1. The predicted octanol–water partition coefficient (Wildman–Crippen LogP) is 2.49. The van der Waals surface area contributed by atoms with Crippen LogP contribution < -0.4 is 10.2 Å². The molecule has 0 aromatic heterocycles. The molecule has 2 amide bonds. The maximum absolute atomic E-state index is 12.9. The summed E-state index contributed by atoms with van der Waals surface area (Å²) in [6.07, 6.45) is 2.34. The Morgan fingerprint density at radius 1 is 1.25 bits per heavy atom. The Kier molecular flexibility index (Phi) is 6.70. The minimum Gasteiger partial charge on any atom is -0.354 e. The average Bonchev–Trinajstić information content (AvgIpc) is 2.42. The number of hydrogen-bond acceptors (Lipinski definition) is 2. The molecule has 0 spiro atoms. The van der Waals surface area contributed by atoms with E-state index in [2.05, 4.69) is 5.32 Å². The van der Waals surface area contributed by atoms with Gasteiger partial charge in [0.2, 0.25) is 11.8 Å². The van der Waals surface area contributed by atoms with Gasteiger partial charge in [-0.15, -0.1) is 0 Å². The molecule has 0 atom stereocenters. The summed E-state index contributed by atoms with van der Waals surface area (Å²) >= 11 is 0. The summed E-state index contributed by atoms with van der Waals surface area (Å²) < 4.78 is 12.9. The highest BCUT2D eigenvalue weighted by molar-refractivity contribution is 5.91. The fraction of sp³-hybridized carbons (Fsp3) is 0.467. The van der Waals surface area contributed by atoms with Gasteiger partial charge in [-0.2, -0.15) is 0 Å². The quantitative estimate of drug-likeness (QED) is 0.834. The van der Waals surface area contributed by atoms with Gasteiger partial charge in [0.1, 0.15) is 5.82 Å². The summed E-state index contributed by atoms with van der Waals surface area (Å²) in [5, 5.41) is 2.78. The Morgan fingerprint density at radius 3 is 2.45 bits per heavy atom. The summed E-state index contributed by atoms with van der Waals surface area (Å²) in [6.45, 7) is 4.24. The first-order chi connectivity index (χ1) is 9.54. The number of halogens is 1. The van der Waals surface area contributed by atoms with E-state index < -0.39 is 0 Å². The first kappa shape index (κ1) is 16.1. The molecule has 0 bridgehead atoms. The molecule has 20 heavy (non-hydrogen) atoms. The second kappa shape index (κ2) is 8.30. The monoisotopic (exact) mass is 280 g/mol. The second-order valence-electron chi connectivity index (χ2n) is 4.60. The van der Waals surface area contributed by atoms with Crippen LogP contribution in [-0.2, 0) is 9.59 Å². The highest BCUT2D eigenvalue weighted by Crippen LogP contribution is 2.14. The predicted molar refractivity (Wildman–Crippen MR) is 77.0 cm³/mol. The molecule has 0 fully saturated rings. The van der Waals surface area contributed by atoms with Crippen molar-refractivity contribution in [3.05, 3.63) is 30.1 Å². The lowest BCUT2D eigenvalue weighted by Gasteiger charge is -2.21. The molecule has 0 saturated heterocycles. The Labute approximate surface area is 119 Å². The standard InChI is InChI=1S/C15H21FN2O2/c1-3-4-5-15(20)17-10-11-18(12(2)19)14-8-6-13(16)7-9-14/h6-9H,3-5,10-11H2,1-2H3,(H,17,20). The van der Waals surface area contributed by atoms with Crippen molar-refractivity contribution in [1.82, 2.24) is 5.32 Å². The molecule has 0 aliphatic rings. The lowest BCUT2D eigenvalue weighted by Crippen LogP contribution is -2.37. The van der Waals surface area contributed by atoms with E-state index in [1.165, 1.54) is 24.0 Å². The van der Waals surface area contributed by atoms with Crippen LogP contribution in [0.25, 0.3) is 0 Å². The van der Waals surface area contributed by atoms with Gasteiger partial charge in [-0.05, 0) is 30.7 Å². The highest BCUT2D eigenvalue weighted by atomic mass is 19.1. The number of nitrogens with one attached hydrogen (secondary N) is 1. The largest absolute Gasteiger partial charge is 0.354 e. The van der Waals surface area contributed by atoms with Crippen molar-refractivity contribution in [2.24, 2.45) is 0 Å². The number of unbranched alkanes of at least 4 members (excludes halogenated alkanes) is 1. The molecule has 4 nitrogen and oxygen atoms in total. The maximum atomic E-state index is 12.9. The minimum absolute atomic E-state index is 0.00513. The molecule has 1 rings (SSSR count). The van der Waals surface area contributed by atoms with E-state index in [0.29, 0.717) is 25.2 Å². The summed E-state index contributed by atoms with van der Waals surface area (Å²) in [4.78, 5) is 24.6. The van der Waals surface area contributed by atoms with Crippen LogP contribution in [0.2, 0.25) is 0 Å². The third kappa shape index (κ3) is 5.38. The van der Waals surface area contributed by atoms with Gasteiger partial charge < -0.3 is 10.2 Å². The Balaban J connectivity index is 2.50. The third-order valence-electron chi connectivity index (χ3n) is 2.93. The third-order valence-corrected chi connectivity index (χ3v) is 2.93. The van der Waals surface area contributed by atoms with Gasteiger partial charge in [-0.3, -0.25) is 9.59 Å². The fourth-order valence-corrected chi connectivity index (χ4v) is 1.82. The van der Waals surface area contributed by atoms with Crippen molar-refractivity contribution < 1.29 is 14.0 Å². The van der Waals surface area contributed by atoms with Gasteiger partial charge in [0.15, 0.2) is 0 Å². The molecule has 1 aromatic rings. The van der Waals surface area contributed by atoms with Crippen LogP contribution in [0.15, 0.2) is 24.3 Å². The second-order valence-corrected chi connectivity index (χ2v) is 4.60. The molecular weight excluding hydrogens is 259 g/mol. The van der Waals surface area contributed by atoms with Crippen molar-refractivity contribution in [1.29, 1.82) is 0 Å². The molecule has 0 saturated carbocycles. The maximum Gasteiger partial charge on any atom is 0.223 e. The first-order valence-corrected chi connectivity index (χ1v) is 6.85. The van der Waals surface area contributed by atoms with Crippen molar-refractivity contribution in [2.45, 2.75) is 33.1 Å². The first-order valence-electron chi connectivity index (χ1n) is 6.85. The average molecular weight is 280 g/mol. The van der Waals surface area contributed by atoms with Gasteiger partial charge in [0.25, 0.3) is 0 Å². The van der Waals surface area contributed by atoms with Crippen LogP contribution in [0.5, 0.6) is 0 Å². The molecule has 110 valence electrons. The van der Waals surface area contributed by atoms with Crippen LogP contribution in [0.3, 0.4) is 0 Å². The number of benzene rings is 1. The van der Waals surface area contributed by atoms with E-state index >= 15 is 0 Å². The van der Waals surface area contributed by atoms with Crippen LogP contribution in [0, 0.1) is 5.82 Å². The lowest BCUT2D eigenvalue weighted by molar-refractivity contribution is -0.121. The topological polar surface area (TPSA) is 49.4 Å². The summed E-state index contributed by atoms with van der Waals surface area (Å²) in [5.74, 6) is -0.487. The van der Waals surface area contributed by atoms with Crippen molar-refractivity contribution in [2.75, 3.05) is 18.0 Å². The van der Waals surface area contributed by atoms with Gasteiger partial charge in [0, 0.05) is 32.1 Å². The number of hydrogen-bond donors (Lipinski definition) is 1. The Bertz CT molecular complexity index is 446. The van der Waals surface area contributed by atoms with E-state index in [4.69, 9.17) is 0 Å². The van der Waals surface area contributed by atoms with Crippen LogP contribution in [0.4, 0.5) is 10.1 Å². The number of carbonyl (C=O) groups is 2. The van der Waals surface area contributed by atoms with Gasteiger partial charge >= 0.3 is 0 Å². The summed E-state index contributed by atoms with van der Waals surface area (Å²) in [6, 6.07) is 5.72. The fourth-order valence-electron chi connectivity index (χ4n) is 1.82. The van der Waals surface area contributed by atoms with Gasteiger partial charge in [0.05, 0.1) is 0 Å². The normalized spacial score (nSPS) is 10.2. The van der Waals surface area contributed by atoms with E-state index in [1.54, 1.807) is 12.1 Å². The Hall–Kier alpha value is -1.91. The van der Waals surface area contributed by atoms with Crippen molar-refractivity contribution in [3.63, 3.8) is 0 Å². The zero-order valence-corrected chi connectivity index (χ0v) is 12.0. The number of nitrogens with zero attached hydrogens (tertiary/aromatic N) is 1. The highest BCUT2D eigenvalue weighted by Gasteiger charge is 2.11. The molecule has 1 aromatic carbocycles. The van der Waals surface area contributed by atoms with Gasteiger partial charge in [-0.1, -0.05) is 13.3 Å². The summed E-state index contributed by atoms with van der Waals surface area (Å²) in [5.41, 5.74) is 0.627. The van der Waals surface area contributed by atoms with Crippen LogP contribution in [0.1, 0.15) is 33.1 Å².